The quantitative estimate of drug-likeness (QED) is 0.822. The highest BCUT2D eigenvalue weighted by Gasteiger charge is 2.27. The van der Waals surface area contributed by atoms with Gasteiger partial charge < -0.3 is 9.73 Å². The first-order valence-corrected chi connectivity index (χ1v) is 7.57. The Labute approximate surface area is 106 Å². The topological polar surface area (TPSA) is 76.4 Å². The Hall–Kier alpha value is -1.56. The number of furan rings is 1. The second kappa shape index (κ2) is 5.39. The molecular formula is C12H15NO4S. The average molecular weight is 269 g/mol. The minimum Gasteiger partial charge on any atom is -0.465 e. The first-order valence-electron chi connectivity index (χ1n) is 5.75. The Balaban J connectivity index is 1.76. The van der Waals surface area contributed by atoms with Crippen molar-refractivity contribution < 1.29 is 17.6 Å². The van der Waals surface area contributed by atoms with E-state index in [4.69, 9.17) is 4.42 Å². The molecular weight excluding hydrogens is 254 g/mol. The number of amides is 1. The van der Waals surface area contributed by atoms with Gasteiger partial charge >= 0.3 is 0 Å². The van der Waals surface area contributed by atoms with Gasteiger partial charge in [0.2, 0.25) is 5.91 Å². The third-order valence-electron chi connectivity index (χ3n) is 2.83. The third-order valence-corrected chi connectivity index (χ3v) is 4.67. The first-order chi connectivity index (χ1) is 8.55. The van der Waals surface area contributed by atoms with Crippen LogP contribution in [-0.4, -0.2) is 32.4 Å². The third kappa shape index (κ3) is 3.73. The lowest BCUT2D eigenvalue weighted by atomic mass is 10.1. The van der Waals surface area contributed by atoms with Crippen molar-refractivity contribution in [2.75, 3.05) is 18.1 Å². The van der Waals surface area contributed by atoms with E-state index in [1.54, 1.807) is 18.2 Å². The molecule has 1 unspecified atom stereocenters. The van der Waals surface area contributed by atoms with E-state index < -0.39 is 9.84 Å². The lowest BCUT2D eigenvalue weighted by Gasteiger charge is -2.07. The number of hydrogen-bond acceptors (Lipinski definition) is 4. The number of carbonyl (C=O) groups excluding carboxylic acids is 1. The molecule has 1 atom stereocenters. The molecule has 0 radical (unpaired) electrons. The van der Waals surface area contributed by atoms with Crippen molar-refractivity contribution in [1.29, 1.82) is 0 Å². The Morgan fingerprint density at radius 3 is 3.00 bits per heavy atom. The Kier molecular flexibility index (Phi) is 3.86. The van der Waals surface area contributed by atoms with Crippen LogP contribution in [0.1, 0.15) is 12.2 Å². The molecule has 5 nitrogen and oxygen atoms in total. The van der Waals surface area contributed by atoms with Crippen molar-refractivity contribution in [2.24, 2.45) is 5.92 Å². The predicted octanol–water partition coefficient (Wildman–Crippen LogP) is 0.844. The zero-order valence-electron chi connectivity index (χ0n) is 9.83. The molecule has 1 fully saturated rings. The molecule has 1 aliphatic heterocycles. The van der Waals surface area contributed by atoms with Crippen molar-refractivity contribution >= 4 is 21.8 Å². The van der Waals surface area contributed by atoms with Crippen LogP contribution in [0, 0.1) is 5.92 Å². The highest BCUT2D eigenvalue weighted by molar-refractivity contribution is 7.91. The fraction of sp³-hybridized carbons (Fsp3) is 0.417. The van der Waals surface area contributed by atoms with E-state index in [9.17, 15) is 13.2 Å². The standard InChI is InChI=1S/C12H15NO4S/c14-12(4-3-11-2-1-6-17-11)13-8-10-5-7-18(15,16)9-10/h1-4,6,10H,5,7-9H2,(H,13,14)/b4-3+. The molecule has 0 aliphatic carbocycles. The second-order valence-corrected chi connectivity index (χ2v) is 6.59. The van der Waals surface area contributed by atoms with Gasteiger partial charge in [0.15, 0.2) is 9.84 Å². The van der Waals surface area contributed by atoms with Gasteiger partial charge in [-0.1, -0.05) is 0 Å². The molecule has 2 rings (SSSR count). The molecule has 18 heavy (non-hydrogen) atoms. The summed E-state index contributed by atoms with van der Waals surface area (Å²) in [5.41, 5.74) is 0. The van der Waals surface area contributed by atoms with Crippen LogP contribution in [0.4, 0.5) is 0 Å². The minimum absolute atomic E-state index is 0.0379. The molecule has 6 heteroatoms. The van der Waals surface area contributed by atoms with Crippen LogP contribution in [0.25, 0.3) is 6.08 Å². The van der Waals surface area contributed by atoms with Crippen molar-refractivity contribution in [2.45, 2.75) is 6.42 Å². The predicted molar refractivity (Wildman–Crippen MR) is 67.5 cm³/mol. The molecule has 1 aliphatic rings. The van der Waals surface area contributed by atoms with E-state index in [0.717, 1.165) is 0 Å². The van der Waals surface area contributed by atoms with Crippen LogP contribution < -0.4 is 5.32 Å². The van der Waals surface area contributed by atoms with Crippen LogP contribution in [0.3, 0.4) is 0 Å². The summed E-state index contributed by atoms with van der Waals surface area (Å²) in [4.78, 5) is 11.5. The summed E-state index contributed by atoms with van der Waals surface area (Å²) >= 11 is 0. The molecule has 98 valence electrons. The van der Waals surface area contributed by atoms with E-state index in [-0.39, 0.29) is 23.3 Å². The zero-order valence-corrected chi connectivity index (χ0v) is 10.7. The minimum atomic E-state index is -2.88. The van der Waals surface area contributed by atoms with Gasteiger partial charge in [-0.2, -0.15) is 0 Å². The van der Waals surface area contributed by atoms with Gasteiger partial charge in [-0.05, 0) is 30.5 Å². The van der Waals surface area contributed by atoms with Crippen LogP contribution in [-0.2, 0) is 14.6 Å². The molecule has 1 saturated heterocycles. The van der Waals surface area contributed by atoms with E-state index in [0.29, 0.717) is 18.7 Å². The lowest BCUT2D eigenvalue weighted by Crippen LogP contribution is -2.28. The zero-order chi connectivity index (χ0) is 13.0. The van der Waals surface area contributed by atoms with Gasteiger partial charge in [-0.25, -0.2) is 8.42 Å². The average Bonchev–Trinajstić information content (AvgIpc) is 2.93. The maximum absolute atomic E-state index is 11.5. The van der Waals surface area contributed by atoms with E-state index in [2.05, 4.69) is 5.32 Å². The molecule has 1 aromatic rings. The van der Waals surface area contributed by atoms with E-state index >= 15 is 0 Å². The maximum atomic E-state index is 11.5. The summed E-state index contributed by atoms with van der Waals surface area (Å²) in [7, 11) is -2.88. The lowest BCUT2D eigenvalue weighted by molar-refractivity contribution is -0.116. The maximum Gasteiger partial charge on any atom is 0.244 e. The van der Waals surface area contributed by atoms with Crippen LogP contribution in [0.5, 0.6) is 0 Å². The monoisotopic (exact) mass is 269 g/mol. The Morgan fingerprint density at radius 1 is 1.56 bits per heavy atom. The van der Waals surface area contributed by atoms with Gasteiger partial charge in [-0.3, -0.25) is 4.79 Å². The van der Waals surface area contributed by atoms with Gasteiger partial charge in [0, 0.05) is 12.6 Å². The highest BCUT2D eigenvalue weighted by atomic mass is 32.2. The SMILES string of the molecule is O=C(/C=C/c1ccco1)NCC1CCS(=O)(=O)C1. The van der Waals surface area contributed by atoms with Gasteiger partial charge in [-0.15, -0.1) is 0 Å². The molecule has 0 spiro atoms. The van der Waals surface area contributed by atoms with Gasteiger partial charge in [0.1, 0.15) is 5.76 Å². The molecule has 1 N–H and O–H groups in total. The summed E-state index contributed by atoms with van der Waals surface area (Å²) in [6.45, 7) is 0.403. The second-order valence-electron chi connectivity index (χ2n) is 4.36. The summed E-state index contributed by atoms with van der Waals surface area (Å²) < 4.78 is 27.5. The van der Waals surface area contributed by atoms with Crippen molar-refractivity contribution in [3.05, 3.63) is 30.2 Å². The fourth-order valence-corrected chi connectivity index (χ4v) is 3.74. The summed E-state index contributed by atoms with van der Waals surface area (Å²) in [6.07, 6.45) is 5.11. The highest BCUT2D eigenvalue weighted by Crippen LogP contribution is 2.17. The smallest absolute Gasteiger partial charge is 0.244 e. The molecule has 0 saturated carbocycles. The van der Waals surface area contributed by atoms with Crippen LogP contribution >= 0.6 is 0 Å². The first kappa shape index (κ1) is 12.9. The van der Waals surface area contributed by atoms with Crippen molar-refractivity contribution in [3.8, 4) is 0 Å². The molecule has 1 amide bonds. The summed E-state index contributed by atoms with van der Waals surface area (Å²) in [6, 6.07) is 3.48. The van der Waals surface area contributed by atoms with Crippen LogP contribution in [0.15, 0.2) is 28.9 Å². The Morgan fingerprint density at radius 2 is 2.39 bits per heavy atom. The van der Waals surface area contributed by atoms with Gasteiger partial charge in [0.25, 0.3) is 0 Å². The largest absolute Gasteiger partial charge is 0.465 e. The summed E-state index contributed by atoms with van der Waals surface area (Å²) in [5.74, 6) is 0.811. The number of hydrogen-bond donors (Lipinski definition) is 1. The van der Waals surface area contributed by atoms with Gasteiger partial charge in [0.05, 0.1) is 17.8 Å². The Bertz CT molecular complexity index is 530. The molecule has 0 aromatic carbocycles. The molecule has 2 heterocycles. The van der Waals surface area contributed by atoms with E-state index in [1.807, 2.05) is 0 Å². The molecule has 0 bridgehead atoms. The molecule has 1 aromatic heterocycles. The number of nitrogens with one attached hydrogen (secondary N) is 1. The fourth-order valence-electron chi connectivity index (χ4n) is 1.88. The van der Waals surface area contributed by atoms with Crippen molar-refractivity contribution in [1.82, 2.24) is 5.32 Å². The number of sulfone groups is 1. The number of rotatable bonds is 4. The normalized spacial score (nSPS) is 22.3. The number of carbonyl (C=O) groups is 1. The van der Waals surface area contributed by atoms with Crippen molar-refractivity contribution in [3.63, 3.8) is 0 Å². The summed E-state index contributed by atoms with van der Waals surface area (Å²) in [5, 5.41) is 2.69. The van der Waals surface area contributed by atoms with E-state index in [1.165, 1.54) is 12.3 Å². The van der Waals surface area contributed by atoms with Crippen LogP contribution in [0.2, 0.25) is 0 Å².